The molecular formula is C13H19F2N3O. The molecule has 2 N–H and O–H groups in total. The fraction of sp³-hybridized carbons (Fsp3) is 0.846. The lowest BCUT2D eigenvalue weighted by molar-refractivity contribution is -0.124. The molecule has 3 aliphatic rings. The number of rotatable bonds is 1. The number of nitrogens with one attached hydrogen (secondary N) is 2. The van der Waals surface area contributed by atoms with Crippen LogP contribution in [0.15, 0.2) is 4.99 Å². The Morgan fingerprint density at radius 1 is 1.11 bits per heavy atom. The van der Waals surface area contributed by atoms with Crippen LogP contribution in [0.1, 0.15) is 38.5 Å². The molecule has 0 bridgehead atoms. The highest BCUT2D eigenvalue weighted by Gasteiger charge is 2.46. The number of carbonyl (C=O) groups excluding carboxylic acids is 1. The first-order valence-electron chi connectivity index (χ1n) is 7.01. The maximum atomic E-state index is 13.2. The van der Waals surface area contributed by atoms with Crippen LogP contribution >= 0.6 is 0 Å². The van der Waals surface area contributed by atoms with Crippen molar-refractivity contribution < 1.29 is 13.6 Å². The molecule has 1 spiro atoms. The van der Waals surface area contributed by atoms with Gasteiger partial charge in [0.05, 0.1) is 0 Å². The van der Waals surface area contributed by atoms with Crippen LogP contribution in [0.2, 0.25) is 0 Å². The van der Waals surface area contributed by atoms with Gasteiger partial charge in [-0.15, -0.1) is 0 Å². The molecule has 0 atom stereocenters. The van der Waals surface area contributed by atoms with Crippen LogP contribution in [-0.2, 0) is 4.79 Å². The molecule has 19 heavy (non-hydrogen) atoms. The van der Waals surface area contributed by atoms with Crippen molar-refractivity contribution in [2.75, 3.05) is 13.1 Å². The van der Waals surface area contributed by atoms with E-state index in [-0.39, 0.29) is 24.7 Å². The minimum absolute atomic E-state index is 0.00200. The van der Waals surface area contributed by atoms with Crippen LogP contribution in [0.25, 0.3) is 0 Å². The third-order valence-electron chi connectivity index (χ3n) is 4.53. The smallest absolute Gasteiger partial charge is 0.253 e. The van der Waals surface area contributed by atoms with Crippen LogP contribution in [0.4, 0.5) is 8.78 Å². The Balaban J connectivity index is 1.72. The predicted octanol–water partition coefficient (Wildman–Crippen LogP) is 1.46. The Morgan fingerprint density at radius 2 is 1.74 bits per heavy atom. The van der Waals surface area contributed by atoms with Crippen LogP contribution in [-0.4, -0.2) is 36.3 Å². The molecule has 2 heterocycles. The van der Waals surface area contributed by atoms with E-state index in [4.69, 9.17) is 0 Å². The minimum atomic E-state index is -2.54. The maximum absolute atomic E-state index is 13.2. The number of aliphatic imine (C=N–C) groups is 1. The highest BCUT2D eigenvalue weighted by Crippen LogP contribution is 2.38. The molecule has 4 nitrogen and oxygen atoms in total. The molecule has 1 saturated heterocycles. The summed E-state index contributed by atoms with van der Waals surface area (Å²) in [5.41, 5.74) is -0.624. The standard InChI is InChI=1S/C13H19F2N3O/c14-13(15)3-1-9(2-4-13)10-17-11(19)12(18-10)5-7-16-8-6-12/h9,16H,1-8H2,(H,17,18,19). The van der Waals surface area contributed by atoms with Gasteiger partial charge in [0.15, 0.2) is 0 Å². The monoisotopic (exact) mass is 271 g/mol. The normalized spacial score (nSPS) is 30.2. The second-order valence-electron chi connectivity index (χ2n) is 5.86. The van der Waals surface area contributed by atoms with Gasteiger partial charge in [0.2, 0.25) is 5.92 Å². The van der Waals surface area contributed by atoms with Gasteiger partial charge in [-0.3, -0.25) is 9.79 Å². The summed E-state index contributed by atoms with van der Waals surface area (Å²) in [7, 11) is 0. The van der Waals surface area contributed by atoms with E-state index in [1.54, 1.807) is 0 Å². The summed E-state index contributed by atoms with van der Waals surface area (Å²) in [5.74, 6) is -1.92. The SMILES string of the molecule is O=C1NC(C2CCC(F)(F)CC2)=NC12CCNCC2. The van der Waals surface area contributed by atoms with Gasteiger partial charge in [0.25, 0.3) is 5.91 Å². The first-order valence-corrected chi connectivity index (χ1v) is 7.01. The van der Waals surface area contributed by atoms with Gasteiger partial charge in [-0.05, 0) is 38.8 Å². The molecule has 106 valence electrons. The zero-order chi connectivity index (χ0) is 13.5. The summed E-state index contributed by atoms with van der Waals surface area (Å²) in [6.45, 7) is 1.57. The lowest BCUT2D eigenvalue weighted by atomic mass is 9.86. The summed E-state index contributed by atoms with van der Waals surface area (Å²) in [6, 6.07) is 0. The summed E-state index contributed by atoms with van der Waals surface area (Å²) >= 11 is 0. The number of hydrogen-bond acceptors (Lipinski definition) is 3. The fourth-order valence-electron chi connectivity index (χ4n) is 3.23. The number of nitrogens with zero attached hydrogens (tertiary/aromatic N) is 1. The second-order valence-corrected chi connectivity index (χ2v) is 5.86. The zero-order valence-electron chi connectivity index (χ0n) is 10.8. The van der Waals surface area contributed by atoms with E-state index in [1.807, 2.05) is 0 Å². The van der Waals surface area contributed by atoms with E-state index in [0.29, 0.717) is 31.5 Å². The average Bonchev–Trinajstić information content (AvgIpc) is 2.68. The molecule has 6 heteroatoms. The Hall–Kier alpha value is -1.04. The number of carbonyl (C=O) groups is 1. The predicted molar refractivity (Wildman–Crippen MR) is 67.3 cm³/mol. The molecule has 2 aliphatic heterocycles. The summed E-state index contributed by atoms with van der Waals surface area (Å²) in [4.78, 5) is 16.7. The first-order chi connectivity index (χ1) is 9.01. The van der Waals surface area contributed by atoms with E-state index in [2.05, 4.69) is 15.6 Å². The first kappa shape index (κ1) is 13.0. The summed E-state index contributed by atoms with van der Waals surface area (Å²) in [6.07, 6.45) is 2.04. The lowest BCUT2D eigenvalue weighted by Gasteiger charge is -2.28. The maximum Gasteiger partial charge on any atom is 0.253 e. The number of hydrogen-bond donors (Lipinski definition) is 2. The van der Waals surface area contributed by atoms with Crippen molar-refractivity contribution in [1.82, 2.24) is 10.6 Å². The van der Waals surface area contributed by atoms with Crippen molar-refractivity contribution in [3.63, 3.8) is 0 Å². The lowest BCUT2D eigenvalue weighted by Crippen LogP contribution is -2.47. The Bertz CT molecular complexity index is 406. The number of amides is 1. The third-order valence-corrected chi connectivity index (χ3v) is 4.53. The van der Waals surface area contributed by atoms with Crippen LogP contribution in [0, 0.1) is 5.92 Å². The van der Waals surface area contributed by atoms with Crippen molar-refractivity contribution in [3.8, 4) is 0 Å². The van der Waals surface area contributed by atoms with Gasteiger partial charge in [-0.25, -0.2) is 8.78 Å². The van der Waals surface area contributed by atoms with E-state index < -0.39 is 11.5 Å². The molecule has 1 saturated carbocycles. The van der Waals surface area contributed by atoms with E-state index in [1.165, 1.54) is 0 Å². The van der Waals surface area contributed by atoms with Gasteiger partial charge >= 0.3 is 0 Å². The average molecular weight is 271 g/mol. The zero-order valence-corrected chi connectivity index (χ0v) is 10.8. The van der Waals surface area contributed by atoms with Gasteiger partial charge in [0.1, 0.15) is 11.4 Å². The van der Waals surface area contributed by atoms with Crippen molar-refractivity contribution >= 4 is 11.7 Å². The molecule has 3 rings (SSSR count). The van der Waals surface area contributed by atoms with E-state index in [0.717, 1.165) is 13.1 Å². The number of amidine groups is 1. The number of halogens is 2. The largest absolute Gasteiger partial charge is 0.317 e. The molecule has 0 aromatic rings. The Kier molecular flexibility index (Phi) is 3.08. The van der Waals surface area contributed by atoms with Gasteiger partial charge in [-0.1, -0.05) is 0 Å². The van der Waals surface area contributed by atoms with Crippen molar-refractivity contribution in [2.24, 2.45) is 10.9 Å². The molecule has 0 unspecified atom stereocenters. The third kappa shape index (κ3) is 2.38. The highest BCUT2D eigenvalue weighted by molar-refractivity contribution is 6.09. The molecular weight excluding hydrogens is 252 g/mol. The van der Waals surface area contributed by atoms with Crippen LogP contribution < -0.4 is 10.6 Å². The Morgan fingerprint density at radius 3 is 2.37 bits per heavy atom. The second kappa shape index (κ2) is 4.51. The van der Waals surface area contributed by atoms with Gasteiger partial charge in [-0.2, -0.15) is 0 Å². The summed E-state index contributed by atoms with van der Waals surface area (Å²) < 4.78 is 26.3. The summed E-state index contributed by atoms with van der Waals surface area (Å²) in [5, 5.41) is 6.06. The van der Waals surface area contributed by atoms with Gasteiger partial charge in [0, 0.05) is 18.8 Å². The molecule has 1 aliphatic carbocycles. The van der Waals surface area contributed by atoms with E-state index >= 15 is 0 Å². The molecule has 1 amide bonds. The number of alkyl halides is 2. The van der Waals surface area contributed by atoms with Crippen molar-refractivity contribution in [2.45, 2.75) is 50.0 Å². The van der Waals surface area contributed by atoms with Crippen molar-refractivity contribution in [1.29, 1.82) is 0 Å². The van der Waals surface area contributed by atoms with Gasteiger partial charge < -0.3 is 10.6 Å². The minimum Gasteiger partial charge on any atom is -0.317 e. The fourth-order valence-corrected chi connectivity index (χ4v) is 3.23. The molecule has 2 fully saturated rings. The van der Waals surface area contributed by atoms with E-state index in [9.17, 15) is 13.6 Å². The topological polar surface area (TPSA) is 53.5 Å². The van der Waals surface area contributed by atoms with Crippen LogP contribution in [0.5, 0.6) is 0 Å². The number of piperidine rings is 1. The molecule has 0 radical (unpaired) electrons. The molecule has 0 aromatic carbocycles. The highest BCUT2D eigenvalue weighted by atomic mass is 19.3. The van der Waals surface area contributed by atoms with Crippen LogP contribution in [0.3, 0.4) is 0 Å². The quantitative estimate of drug-likeness (QED) is 0.758. The Labute approximate surface area is 111 Å². The van der Waals surface area contributed by atoms with Crippen molar-refractivity contribution in [3.05, 3.63) is 0 Å². The molecule has 0 aromatic heterocycles.